The van der Waals surface area contributed by atoms with Crippen LogP contribution in [0.2, 0.25) is 0 Å². The van der Waals surface area contributed by atoms with Crippen LogP contribution in [0.4, 0.5) is 0 Å². The Morgan fingerprint density at radius 3 is 2.89 bits per heavy atom. The minimum Gasteiger partial charge on any atom is -0.327 e. The number of rotatable bonds is 3. The molecular formula is C16H21NO. The van der Waals surface area contributed by atoms with E-state index in [0.29, 0.717) is 18.1 Å². The average Bonchev–Trinajstić information content (AvgIpc) is 2.68. The van der Waals surface area contributed by atoms with Gasteiger partial charge in [0, 0.05) is 17.9 Å². The van der Waals surface area contributed by atoms with Crippen LogP contribution in [0.3, 0.4) is 0 Å². The predicted octanol–water partition coefficient (Wildman–Crippen LogP) is 2.80. The third-order valence-electron chi connectivity index (χ3n) is 5.06. The van der Waals surface area contributed by atoms with Crippen molar-refractivity contribution >= 4 is 5.78 Å². The first-order valence-corrected chi connectivity index (χ1v) is 6.98. The van der Waals surface area contributed by atoms with Crippen LogP contribution in [0.1, 0.15) is 49.7 Å². The molecule has 1 aromatic rings. The molecule has 0 heterocycles. The molecule has 96 valence electrons. The predicted molar refractivity (Wildman–Crippen MR) is 72.4 cm³/mol. The van der Waals surface area contributed by atoms with Crippen LogP contribution in [0.25, 0.3) is 0 Å². The van der Waals surface area contributed by atoms with Crippen molar-refractivity contribution in [2.75, 3.05) is 0 Å². The van der Waals surface area contributed by atoms with Gasteiger partial charge in [-0.05, 0) is 36.3 Å². The van der Waals surface area contributed by atoms with Crippen LogP contribution in [-0.4, -0.2) is 11.8 Å². The highest BCUT2D eigenvalue weighted by atomic mass is 16.1. The van der Waals surface area contributed by atoms with Gasteiger partial charge in [0.1, 0.15) is 5.78 Å². The van der Waals surface area contributed by atoms with Gasteiger partial charge >= 0.3 is 0 Å². The van der Waals surface area contributed by atoms with E-state index in [2.05, 4.69) is 31.2 Å². The summed E-state index contributed by atoms with van der Waals surface area (Å²) >= 11 is 0. The number of hydrogen-bond acceptors (Lipinski definition) is 2. The molecule has 0 spiro atoms. The van der Waals surface area contributed by atoms with Crippen LogP contribution in [-0.2, 0) is 11.2 Å². The fourth-order valence-corrected chi connectivity index (χ4v) is 3.54. The molecule has 1 aromatic carbocycles. The van der Waals surface area contributed by atoms with Crippen molar-refractivity contribution in [3.63, 3.8) is 0 Å². The van der Waals surface area contributed by atoms with E-state index in [1.807, 2.05) is 0 Å². The number of benzene rings is 1. The summed E-state index contributed by atoms with van der Waals surface area (Å²) in [5.41, 5.74) is 8.65. The third-order valence-corrected chi connectivity index (χ3v) is 5.06. The SMILES string of the molecule is CC1(C(=O)CC2Cc3ccccc32)CCCC1N. The molecule has 2 aliphatic rings. The van der Waals surface area contributed by atoms with Crippen LogP contribution in [0, 0.1) is 5.41 Å². The molecule has 2 aliphatic carbocycles. The van der Waals surface area contributed by atoms with Gasteiger partial charge < -0.3 is 5.73 Å². The van der Waals surface area contributed by atoms with Crippen molar-refractivity contribution in [1.82, 2.24) is 0 Å². The summed E-state index contributed by atoms with van der Waals surface area (Å²) < 4.78 is 0. The number of nitrogens with two attached hydrogens (primary N) is 1. The number of Topliss-reactive ketones (excluding diaryl/α,β-unsaturated/α-hetero) is 1. The van der Waals surface area contributed by atoms with Crippen LogP contribution in [0.5, 0.6) is 0 Å². The normalized spacial score (nSPS) is 33.9. The Labute approximate surface area is 109 Å². The molecule has 2 heteroatoms. The molecule has 18 heavy (non-hydrogen) atoms. The Morgan fingerprint density at radius 1 is 1.44 bits per heavy atom. The minimum atomic E-state index is -0.259. The molecule has 2 N–H and O–H groups in total. The zero-order valence-corrected chi connectivity index (χ0v) is 11.0. The first kappa shape index (κ1) is 11.9. The maximum atomic E-state index is 12.5. The number of fused-ring (bicyclic) bond motifs is 1. The minimum absolute atomic E-state index is 0.0697. The third kappa shape index (κ3) is 1.71. The van der Waals surface area contributed by atoms with Gasteiger partial charge in [-0.3, -0.25) is 4.79 Å². The Balaban J connectivity index is 1.70. The second-order valence-corrected chi connectivity index (χ2v) is 6.14. The largest absolute Gasteiger partial charge is 0.327 e. The molecule has 1 saturated carbocycles. The van der Waals surface area contributed by atoms with Crippen LogP contribution >= 0.6 is 0 Å². The summed E-state index contributed by atoms with van der Waals surface area (Å²) in [4.78, 5) is 12.5. The summed E-state index contributed by atoms with van der Waals surface area (Å²) in [6.07, 6.45) is 4.82. The van der Waals surface area contributed by atoms with Crippen molar-refractivity contribution in [2.24, 2.45) is 11.1 Å². The number of ketones is 1. The molecule has 3 unspecified atom stereocenters. The molecule has 0 radical (unpaired) electrons. The van der Waals surface area contributed by atoms with Gasteiger partial charge in [0.15, 0.2) is 0 Å². The van der Waals surface area contributed by atoms with Gasteiger partial charge in [-0.2, -0.15) is 0 Å². The fraction of sp³-hybridized carbons (Fsp3) is 0.562. The average molecular weight is 243 g/mol. The first-order valence-electron chi connectivity index (χ1n) is 6.98. The van der Waals surface area contributed by atoms with E-state index in [0.717, 1.165) is 25.7 Å². The molecule has 1 fully saturated rings. The highest BCUT2D eigenvalue weighted by Crippen LogP contribution is 2.43. The molecule has 0 aliphatic heterocycles. The molecule has 0 bridgehead atoms. The van der Waals surface area contributed by atoms with Crippen molar-refractivity contribution in [3.05, 3.63) is 35.4 Å². The van der Waals surface area contributed by atoms with Crippen molar-refractivity contribution in [2.45, 2.75) is 51.0 Å². The van der Waals surface area contributed by atoms with Gasteiger partial charge in [0.25, 0.3) is 0 Å². The van der Waals surface area contributed by atoms with Gasteiger partial charge in [-0.25, -0.2) is 0 Å². The maximum absolute atomic E-state index is 12.5. The molecule has 3 rings (SSSR count). The maximum Gasteiger partial charge on any atom is 0.140 e. The smallest absolute Gasteiger partial charge is 0.140 e. The lowest BCUT2D eigenvalue weighted by Gasteiger charge is -2.34. The standard InChI is InChI=1S/C16H21NO/c1-16(8-4-7-14(16)17)15(18)10-12-9-11-5-2-3-6-13(11)12/h2-3,5-6,12,14H,4,7-10,17H2,1H3. The zero-order valence-electron chi connectivity index (χ0n) is 11.0. The molecule has 0 saturated heterocycles. The van der Waals surface area contributed by atoms with E-state index in [4.69, 9.17) is 5.73 Å². The Kier molecular flexibility index (Phi) is 2.78. The van der Waals surface area contributed by atoms with Crippen molar-refractivity contribution in [3.8, 4) is 0 Å². The van der Waals surface area contributed by atoms with Gasteiger partial charge in [-0.15, -0.1) is 0 Å². The fourth-order valence-electron chi connectivity index (χ4n) is 3.54. The van der Waals surface area contributed by atoms with Crippen molar-refractivity contribution < 1.29 is 4.79 Å². The number of carbonyl (C=O) groups excluding carboxylic acids is 1. The Hall–Kier alpha value is -1.15. The van der Waals surface area contributed by atoms with E-state index in [-0.39, 0.29) is 11.5 Å². The van der Waals surface area contributed by atoms with E-state index in [1.165, 1.54) is 11.1 Å². The topological polar surface area (TPSA) is 43.1 Å². The van der Waals surface area contributed by atoms with E-state index in [9.17, 15) is 4.79 Å². The molecule has 3 atom stereocenters. The quantitative estimate of drug-likeness (QED) is 0.887. The Morgan fingerprint density at radius 2 is 2.22 bits per heavy atom. The highest BCUT2D eigenvalue weighted by molar-refractivity contribution is 5.86. The Bertz CT molecular complexity index is 482. The lowest BCUT2D eigenvalue weighted by molar-refractivity contribution is -0.128. The van der Waals surface area contributed by atoms with E-state index in [1.54, 1.807) is 0 Å². The van der Waals surface area contributed by atoms with Gasteiger partial charge in [0.2, 0.25) is 0 Å². The van der Waals surface area contributed by atoms with E-state index >= 15 is 0 Å². The lowest BCUT2D eigenvalue weighted by atomic mass is 9.70. The highest BCUT2D eigenvalue weighted by Gasteiger charge is 2.43. The second kappa shape index (κ2) is 4.20. The summed E-state index contributed by atoms with van der Waals surface area (Å²) in [6, 6.07) is 8.54. The second-order valence-electron chi connectivity index (χ2n) is 6.14. The first-order chi connectivity index (χ1) is 8.61. The van der Waals surface area contributed by atoms with Crippen molar-refractivity contribution in [1.29, 1.82) is 0 Å². The molecule has 0 amide bonds. The summed E-state index contributed by atoms with van der Waals surface area (Å²) in [6.45, 7) is 2.07. The lowest BCUT2D eigenvalue weighted by Crippen LogP contribution is -2.42. The van der Waals surface area contributed by atoms with Gasteiger partial charge in [0.05, 0.1) is 0 Å². The van der Waals surface area contributed by atoms with Gasteiger partial charge in [-0.1, -0.05) is 37.6 Å². The summed E-state index contributed by atoms with van der Waals surface area (Å²) in [5, 5.41) is 0. The van der Waals surface area contributed by atoms with Crippen LogP contribution in [0.15, 0.2) is 24.3 Å². The monoisotopic (exact) mass is 243 g/mol. The molecule has 2 nitrogen and oxygen atoms in total. The molecule has 0 aromatic heterocycles. The molecular weight excluding hydrogens is 222 g/mol. The van der Waals surface area contributed by atoms with E-state index < -0.39 is 0 Å². The summed E-state index contributed by atoms with van der Waals surface area (Å²) in [5.74, 6) is 0.824. The zero-order chi connectivity index (χ0) is 12.8. The number of hydrogen-bond donors (Lipinski definition) is 1. The number of carbonyl (C=O) groups is 1. The summed E-state index contributed by atoms with van der Waals surface area (Å²) in [7, 11) is 0. The van der Waals surface area contributed by atoms with Crippen LogP contribution < -0.4 is 5.73 Å².